The molecule has 122 valence electrons. The van der Waals surface area contributed by atoms with Gasteiger partial charge in [0, 0.05) is 6.54 Å². The third-order valence-electron chi connectivity index (χ3n) is 3.09. The number of hydrogen-bond acceptors (Lipinski definition) is 4. The molecule has 0 bridgehead atoms. The minimum absolute atomic E-state index is 0.0182. The molecule has 1 aromatic carbocycles. The fourth-order valence-corrected chi connectivity index (χ4v) is 2.84. The van der Waals surface area contributed by atoms with E-state index in [1.54, 1.807) is 6.07 Å². The van der Waals surface area contributed by atoms with Crippen molar-refractivity contribution in [3.8, 4) is 12.1 Å². The van der Waals surface area contributed by atoms with Gasteiger partial charge >= 0.3 is 6.18 Å². The normalized spacial score (nSPS) is 10.7. The Bertz CT molecular complexity index is 813. The molecule has 4 nitrogen and oxygen atoms in total. The van der Waals surface area contributed by atoms with Gasteiger partial charge in [-0.2, -0.15) is 23.7 Å². The number of amides is 1. The molecule has 8 heteroatoms. The summed E-state index contributed by atoms with van der Waals surface area (Å²) in [4.78, 5) is 13.1. The second kappa shape index (κ2) is 7.16. The van der Waals surface area contributed by atoms with Crippen LogP contribution in [-0.2, 0) is 6.54 Å². The lowest BCUT2D eigenvalue weighted by Gasteiger charge is -2.23. The summed E-state index contributed by atoms with van der Waals surface area (Å²) in [6.07, 6.45) is -4.56. The van der Waals surface area contributed by atoms with E-state index in [1.165, 1.54) is 35.7 Å². The van der Waals surface area contributed by atoms with Crippen LogP contribution in [0.2, 0.25) is 0 Å². The Kier molecular flexibility index (Phi) is 5.22. The van der Waals surface area contributed by atoms with E-state index >= 15 is 0 Å². The molecule has 0 aliphatic rings. The highest BCUT2D eigenvalue weighted by Crippen LogP contribution is 2.24. The maximum Gasteiger partial charge on any atom is 0.406 e. The van der Waals surface area contributed by atoms with Crippen molar-refractivity contribution < 1.29 is 18.0 Å². The molecule has 0 N–H and O–H groups in total. The van der Waals surface area contributed by atoms with Gasteiger partial charge in [0.05, 0.1) is 17.2 Å². The van der Waals surface area contributed by atoms with Crippen LogP contribution in [0.15, 0.2) is 35.7 Å². The average molecular weight is 349 g/mol. The molecule has 0 spiro atoms. The van der Waals surface area contributed by atoms with E-state index in [0.717, 1.165) is 11.3 Å². The predicted molar refractivity (Wildman–Crippen MR) is 81.0 cm³/mol. The highest BCUT2D eigenvalue weighted by atomic mass is 32.1. The second-order valence-electron chi connectivity index (χ2n) is 4.86. The van der Waals surface area contributed by atoms with Gasteiger partial charge in [0.1, 0.15) is 17.5 Å². The van der Waals surface area contributed by atoms with E-state index in [-0.39, 0.29) is 17.0 Å². The number of rotatable bonds is 4. The zero-order valence-corrected chi connectivity index (χ0v) is 13.0. The number of hydrogen-bond donors (Lipinski definition) is 0. The number of thiophene rings is 1. The molecule has 0 saturated carbocycles. The molecule has 0 aliphatic carbocycles. The summed E-state index contributed by atoms with van der Waals surface area (Å²) in [7, 11) is 0. The Morgan fingerprint density at radius 1 is 1.12 bits per heavy atom. The van der Waals surface area contributed by atoms with Crippen molar-refractivity contribution in [1.82, 2.24) is 4.90 Å². The zero-order chi connectivity index (χ0) is 17.7. The first-order chi connectivity index (χ1) is 11.3. The molecule has 24 heavy (non-hydrogen) atoms. The predicted octanol–water partition coefficient (Wildman–Crippen LogP) is 3.70. The van der Waals surface area contributed by atoms with Gasteiger partial charge in [0.2, 0.25) is 0 Å². The fraction of sp³-hybridized carbons (Fsp3) is 0.188. The van der Waals surface area contributed by atoms with E-state index in [0.29, 0.717) is 16.0 Å². The van der Waals surface area contributed by atoms with Crippen molar-refractivity contribution >= 4 is 17.2 Å². The summed E-state index contributed by atoms with van der Waals surface area (Å²) >= 11 is 0.929. The van der Waals surface area contributed by atoms with Crippen LogP contribution in [0.4, 0.5) is 13.2 Å². The van der Waals surface area contributed by atoms with Crippen LogP contribution in [-0.4, -0.2) is 23.5 Å². The SMILES string of the molecule is N#Cc1ccc(CN(CC(F)(F)F)C(=O)c2sccc2C#N)cc1. The Labute approximate surface area is 140 Å². The molecule has 0 fully saturated rings. The topological polar surface area (TPSA) is 67.9 Å². The lowest BCUT2D eigenvalue weighted by molar-refractivity contribution is -0.141. The standard InChI is InChI=1S/C16H10F3N3OS/c17-16(18,19)10-22(9-12-3-1-11(7-20)2-4-12)15(23)14-13(8-21)5-6-24-14/h1-6H,9-10H2. The molecule has 1 heterocycles. The molecular formula is C16H10F3N3OS. The quantitative estimate of drug-likeness (QED) is 0.845. The molecule has 0 radical (unpaired) electrons. The minimum atomic E-state index is -4.56. The lowest BCUT2D eigenvalue weighted by Crippen LogP contribution is -2.38. The van der Waals surface area contributed by atoms with Gasteiger partial charge in [-0.3, -0.25) is 4.79 Å². The van der Waals surface area contributed by atoms with Crippen molar-refractivity contribution in [2.24, 2.45) is 0 Å². The van der Waals surface area contributed by atoms with E-state index in [4.69, 9.17) is 10.5 Å². The first kappa shape index (κ1) is 17.5. The van der Waals surface area contributed by atoms with Crippen molar-refractivity contribution in [3.63, 3.8) is 0 Å². The second-order valence-corrected chi connectivity index (χ2v) is 5.78. The van der Waals surface area contributed by atoms with Crippen molar-refractivity contribution in [2.75, 3.05) is 6.54 Å². The minimum Gasteiger partial charge on any atom is -0.324 e. The van der Waals surface area contributed by atoms with Gasteiger partial charge in [-0.1, -0.05) is 12.1 Å². The van der Waals surface area contributed by atoms with Crippen LogP contribution in [0.25, 0.3) is 0 Å². The molecule has 0 aliphatic heterocycles. The average Bonchev–Trinajstić information content (AvgIpc) is 3.01. The monoisotopic (exact) mass is 349 g/mol. The van der Waals surface area contributed by atoms with E-state index in [9.17, 15) is 18.0 Å². The summed E-state index contributed by atoms with van der Waals surface area (Å²) in [5.41, 5.74) is 0.885. The van der Waals surface area contributed by atoms with Gasteiger partial charge in [-0.05, 0) is 29.1 Å². The third kappa shape index (κ3) is 4.34. The molecule has 1 amide bonds. The Hall–Kier alpha value is -2.84. The number of halogens is 3. The first-order valence-corrected chi connectivity index (χ1v) is 7.54. The van der Waals surface area contributed by atoms with Gasteiger partial charge in [-0.15, -0.1) is 11.3 Å². The molecule has 0 atom stereocenters. The molecule has 2 aromatic rings. The van der Waals surface area contributed by atoms with Crippen LogP contribution in [0, 0.1) is 22.7 Å². The van der Waals surface area contributed by atoms with Crippen molar-refractivity contribution in [2.45, 2.75) is 12.7 Å². The van der Waals surface area contributed by atoms with Crippen LogP contribution >= 0.6 is 11.3 Å². The summed E-state index contributed by atoms with van der Waals surface area (Å²) < 4.78 is 38.4. The zero-order valence-electron chi connectivity index (χ0n) is 12.2. The number of benzene rings is 1. The smallest absolute Gasteiger partial charge is 0.324 e. The largest absolute Gasteiger partial charge is 0.406 e. The maximum atomic E-state index is 12.8. The van der Waals surface area contributed by atoms with E-state index in [2.05, 4.69) is 0 Å². The number of carbonyl (C=O) groups excluding carboxylic acids is 1. The Morgan fingerprint density at radius 2 is 1.79 bits per heavy atom. The third-order valence-corrected chi connectivity index (χ3v) is 4.00. The van der Waals surface area contributed by atoms with Gasteiger partial charge in [0.15, 0.2) is 0 Å². The van der Waals surface area contributed by atoms with Crippen LogP contribution in [0.5, 0.6) is 0 Å². The summed E-state index contributed by atoms with van der Waals surface area (Å²) in [5.74, 6) is -0.844. The molecule has 0 unspecified atom stereocenters. The number of nitriles is 2. The fourth-order valence-electron chi connectivity index (χ4n) is 2.03. The lowest BCUT2D eigenvalue weighted by atomic mass is 10.1. The van der Waals surface area contributed by atoms with Crippen molar-refractivity contribution in [3.05, 3.63) is 57.3 Å². The Balaban J connectivity index is 2.29. The molecule has 2 rings (SSSR count). The highest BCUT2D eigenvalue weighted by Gasteiger charge is 2.34. The van der Waals surface area contributed by atoms with Gasteiger partial charge in [0.25, 0.3) is 5.91 Å². The summed E-state index contributed by atoms with van der Waals surface area (Å²) in [6.45, 7) is -1.69. The number of carbonyl (C=O) groups is 1. The first-order valence-electron chi connectivity index (χ1n) is 6.66. The molecule has 0 saturated heterocycles. The molecular weight excluding hydrogens is 339 g/mol. The number of nitrogens with zero attached hydrogens (tertiary/aromatic N) is 3. The number of alkyl halides is 3. The van der Waals surface area contributed by atoms with Gasteiger partial charge in [-0.25, -0.2) is 0 Å². The van der Waals surface area contributed by atoms with Crippen LogP contribution in [0.1, 0.15) is 26.4 Å². The highest BCUT2D eigenvalue weighted by molar-refractivity contribution is 7.12. The van der Waals surface area contributed by atoms with Crippen LogP contribution < -0.4 is 0 Å². The van der Waals surface area contributed by atoms with Crippen LogP contribution in [0.3, 0.4) is 0 Å². The maximum absolute atomic E-state index is 12.8. The van der Waals surface area contributed by atoms with Crippen molar-refractivity contribution in [1.29, 1.82) is 10.5 Å². The summed E-state index contributed by atoms with van der Waals surface area (Å²) in [5, 5.41) is 19.2. The van der Waals surface area contributed by atoms with E-state index < -0.39 is 18.6 Å². The Morgan fingerprint density at radius 3 is 2.33 bits per heavy atom. The summed E-state index contributed by atoms with van der Waals surface area (Å²) in [6, 6.07) is 11.0. The van der Waals surface area contributed by atoms with Gasteiger partial charge < -0.3 is 4.90 Å². The molecule has 1 aromatic heterocycles. The van der Waals surface area contributed by atoms with E-state index in [1.807, 2.05) is 6.07 Å².